The standard InChI is InChI=1S/C23H13F6N3O2S/c24-22(25,26)13-3-1-5-15(10-13)30-19(33)12-7-8-17-18(9-12)31-21(35)32(20(17)34)16-6-2-4-14(11-16)23(27,28)29/h1-11H,(H,30,33)(H,31,35). The molecule has 0 atom stereocenters. The predicted octanol–water partition coefficient (Wildman–Crippen LogP) is 6.34. The number of nitrogens with one attached hydrogen (secondary N) is 2. The van der Waals surface area contributed by atoms with E-state index in [2.05, 4.69) is 10.3 Å². The second-order valence-electron chi connectivity index (χ2n) is 7.41. The maximum absolute atomic E-state index is 13.1. The summed E-state index contributed by atoms with van der Waals surface area (Å²) >= 11 is 5.17. The van der Waals surface area contributed by atoms with Crippen molar-refractivity contribution in [2.75, 3.05) is 5.32 Å². The Morgan fingerprint density at radius 3 is 2.14 bits per heavy atom. The lowest BCUT2D eigenvalue weighted by Crippen LogP contribution is -2.21. The highest BCUT2D eigenvalue weighted by Crippen LogP contribution is 2.31. The van der Waals surface area contributed by atoms with Crippen molar-refractivity contribution in [3.05, 3.63) is 98.5 Å². The molecule has 3 aromatic carbocycles. The molecule has 180 valence electrons. The quantitative estimate of drug-likeness (QED) is 0.250. The van der Waals surface area contributed by atoms with Crippen LogP contribution in [0.2, 0.25) is 0 Å². The van der Waals surface area contributed by atoms with Crippen LogP contribution in [-0.4, -0.2) is 15.5 Å². The highest BCUT2D eigenvalue weighted by molar-refractivity contribution is 7.71. The third-order valence-electron chi connectivity index (χ3n) is 5.04. The summed E-state index contributed by atoms with van der Waals surface area (Å²) in [6.07, 6.45) is -9.21. The Morgan fingerprint density at radius 2 is 1.49 bits per heavy atom. The number of nitrogens with zero attached hydrogens (tertiary/aromatic N) is 1. The molecular weight excluding hydrogens is 496 g/mol. The van der Waals surface area contributed by atoms with Gasteiger partial charge < -0.3 is 10.3 Å². The SMILES string of the molecule is O=C(Nc1cccc(C(F)(F)F)c1)c1ccc2c(=O)n(-c3cccc(C(F)(F)F)c3)c(=S)[nH]c2c1. The molecule has 35 heavy (non-hydrogen) atoms. The first kappa shape index (κ1) is 24.2. The van der Waals surface area contributed by atoms with Gasteiger partial charge in [-0.3, -0.25) is 14.2 Å². The number of carbonyl (C=O) groups is 1. The minimum absolute atomic E-state index is 0.0109. The molecule has 4 rings (SSSR count). The molecule has 0 saturated carbocycles. The monoisotopic (exact) mass is 509 g/mol. The van der Waals surface area contributed by atoms with E-state index in [0.29, 0.717) is 0 Å². The first-order chi connectivity index (χ1) is 16.3. The van der Waals surface area contributed by atoms with Crippen LogP contribution in [0.3, 0.4) is 0 Å². The third-order valence-corrected chi connectivity index (χ3v) is 5.32. The number of alkyl halides is 6. The summed E-state index contributed by atoms with van der Waals surface area (Å²) in [7, 11) is 0. The summed E-state index contributed by atoms with van der Waals surface area (Å²) in [6, 6.07) is 12.0. The molecule has 0 unspecified atom stereocenters. The zero-order chi connectivity index (χ0) is 25.5. The molecule has 0 spiro atoms. The minimum Gasteiger partial charge on any atom is -0.331 e. The Morgan fingerprint density at radius 1 is 0.857 bits per heavy atom. The van der Waals surface area contributed by atoms with Crippen LogP contribution < -0.4 is 10.9 Å². The van der Waals surface area contributed by atoms with Crippen molar-refractivity contribution in [2.45, 2.75) is 12.4 Å². The van der Waals surface area contributed by atoms with Gasteiger partial charge in [-0.2, -0.15) is 26.3 Å². The van der Waals surface area contributed by atoms with Gasteiger partial charge in [-0.05, 0) is 66.8 Å². The van der Waals surface area contributed by atoms with E-state index in [9.17, 15) is 35.9 Å². The van der Waals surface area contributed by atoms with Crippen molar-refractivity contribution in [3.63, 3.8) is 0 Å². The Labute approximate surface area is 197 Å². The molecule has 5 nitrogen and oxygen atoms in total. The fraction of sp³-hybridized carbons (Fsp3) is 0.0870. The van der Waals surface area contributed by atoms with Crippen LogP contribution in [0.4, 0.5) is 32.0 Å². The lowest BCUT2D eigenvalue weighted by atomic mass is 10.1. The number of benzene rings is 3. The molecule has 0 bridgehead atoms. The van der Waals surface area contributed by atoms with Crippen LogP contribution in [0.5, 0.6) is 0 Å². The normalized spacial score (nSPS) is 12.1. The van der Waals surface area contributed by atoms with Gasteiger partial charge in [0, 0.05) is 11.3 Å². The molecular formula is C23H13F6N3O2S. The van der Waals surface area contributed by atoms with E-state index in [-0.39, 0.29) is 32.6 Å². The van der Waals surface area contributed by atoms with E-state index in [1.807, 2.05) is 0 Å². The average molecular weight is 509 g/mol. The summed E-state index contributed by atoms with van der Waals surface area (Å²) in [6.45, 7) is 0. The molecule has 0 saturated heterocycles. The van der Waals surface area contributed by atoms with E-state index in [1.54, 1.807) is 0 Å². The van der Waals surface area contributed by atoms with E-state index in [0.717, 1.165) is 41.0 Å². The summed E-state index contributed by atoms with van der Waals surface area (Å²) in [5.74, 6) is -0.743. The molecule has 0 aliphatic carbocycles. The van der Waals surface area contributed by atoms with Gasteiger partial charge in [0.25, 0.3) is 11.5 Å². The second kappa shape index (κ2) is 8.69. The van der Waals surface area contributed by atoms with Crippen LogP contribution in [0.15, 0.2) is 71.5 Å². The number of aromatic amines is 1. The molecule has 2 N–H and O–H groups in total. The summed E-state index contributed by atoms with van der Waals surface area (Å²) in [5.41, 5.74) is -2.66. The predicted molar refractivity (Wildman–Crippen MR) is 119 cm³/mol. The van der Waals surface area contributed by atoms with Gasteiger partial charge in [0.2, 0.25) is 0 Å². The Hall–Kier alpha value is -3.93. The lowest BCUT2D eigenvalue weighted by molar-refractivity contribution is -0.138. The Balaban J connectivity index is 1.71. The van der Waals surface area contributed by atoms with Gasteiger partial charge in [-0.1, -0.05) is 12.1 Å². The van der Waals surface area contributed by atoms with Crippen LogP contribution in [0.25, 0.3) is 16.6 Å². The number of H-pyrrole nitrogens is 1. The summed E-state index contributed by atoms with van der Waals surface area (Å²) < 4.78 is 78.6. The molecule has 1 aromatic heterocycles. The zero-order valence-corrected chi connectivity index (χ0v) is 18.1. The molecule has 1 amide bonds. The number of rotatable bonds is 3. The largest absolute Gasteiger partial charge is 0.416 e. The van der Waals surface area contributed by atoms with Crippen LogP contribution >= 0.6 is 12.2 Å². The van der Waals surface area contributed by atoms with Crippen LogP contribution in [-0.2, 0) is 12.4 Å². The molecule has 4 aromatic rings. The van der Waals surface area contributed by atoms with Gasteiger partial charge >= 0.3 is 12.4 Å². The first-order valence-electron chi connectivity index (χ1n) is 9.80. The van der Waals surface area contributed by atoms with Crippen LogP contribution in [0, 0.1) is 4.77 Å². The van der Waals surface area contributed by atoms with Crippen molar-refractivity contribution in [3.8, 4) is 5.69 Å². The Kier molecular flexibility index (Phi) is 6.01. The van der Waals surface area contributed by atoms with E-state index >= 15 is 0 Å². The van der Waals surface area contributed by atoms with Gasteiger partial charge in [-0.15, -0.1) is 0 Å². The van der Waals surface area contributed by atoms with Gasteiger partial charge in [0.1, 0.15) is 0 Å². The van der Waals surface area contributed by atoms with E-state index < -0.39 is 34.9 Å². The highest BCUT2D eigenvalue weighted by Gasteiger charge is 2.31. The third kappa shape index (κ3) is 4.97. The number of halogens is 6. The molecule has 0 aliphatic heterocycles. The number of carbonyl (C=O) groups excluding carboxylic acids is 1. The Bertz CT molecular complexity index is 1570. The molecule has 0 aliphatic rings. The number of aromatic nitrogens is 2. The number of amides is 1. The summed E-state index contributed by atoms with van der Waals surface area (Å²) in [5, 5.41) is 2.39. The molecule has 0 fully saturated rings. The highest BCUT2D eigenvalue weighted by atomic mass is 32.1. The van der Waals surface area contributed by atoms with Crippen molar-refractivity contribution in [2.24, 2.45) is 0 Å². The van der Waals surface area contributed by atoms with Crippen molar-refractivity contribution >= 4 is 34.7 Å². The summed E-state index contributed by atoms with van der Waals surface area (Å²) in [4.78, 5) is 28.3. The zero-order valence-electron chi connectivity index (χ0n) is 17.3. The number of fused-ring (bicyclic) bond motifs is 1. The maximum atomic E-state index is 13.1. The fourth-order valence-corrected chi connectivity index (χ4v) is 3.69. The smallest absolute Gasteiger partial charge is 0.331 e. The molecule has 12 heteroatoms. The number of anilines is 1. The minimum atomic E-state index is -4.62. The maximum Gasteiger partial charge on any atom is 0.416 e. The first-order valence-corrected chi connectivity index (χ1v) is 10.2. The van der Waals surface area contributed by atoms with Crippen molar-refractivity contribution in [1.82, 2.24) is 9.55 Å². The van der Waals surface area contributed by atoms with E-state index in [4.69, 9.17) is 12.2 Å². The average Bonchev–Trinajstić information content (AvgIpc) is 2.78. The van der Waals surface area contributed by atoms with Gasteiger partial charge in [0.05, 0.1) is 27.7 Å². The van der Waals surface area contributed by atoms with Crippen molar-refractivity contribution < 1.29 is 31.1 Å². The second-order valence-corrected chi connectivity index (χ2v) is 7.80. The lowest BCUT2D eigenvalue weighted by Gasteiger charge is -2.12. The molecule has 1 heterocycles. The number of hydrogen-bond acceptors (Lipinski definition) is 3. The van der Waals surface area contributed by atoms with Crippen molar-refractivity contribution in [1.29, 1.82) is 0 Å². The van der Waals surface area contributed by atoms with Gasteiger partial charge in [0.15, 0.2) is 4.77 Å². The van der Waals surface area contributed by atoms with Crippen LogP contribution in [0.1, 0.15) is 21.5 Å². The van der Waals surface area contributed by atoms with Gasteiger partial charge in [-0.25, -0.2) is 0 Å². The number of hydrogen-bond donors (Lipinski definition) is 2. The molecule has 0 radical (unpaired) electrons. The fourth-order valence-electron chi connectivity index (χ4n) is 3.39. The topological polar surface area (TPSA) is 66.9 Å². The van der Waals surface area contributed by atoms with E-state index in [1.165, 1.54) is 30.3 Å².